The van der Waals surface area contributed by atoms with Crippen molar-refractivity contribution in [3.8, 4) is 11.4 Å². The van der Waals surface area contributed by atoms with Crippen molar-refractivity contribution >= 4 is 48.6 Å². The lowest BCUT2D eigenvalue weighted by Gasteiger charge is -2.23. The van der Waals surface area contributed by atoms with Gasteiger partial charge >= 0.3 is 0 Å². The van der Waals surface area contributed by atoms with Crippen LogP contribution in [0.3, 0.4) is 0 Å². The Labute approximate surface area is 207 Å². The maximum absolute atomic E-state index is 9.07. The first-order valence-corrected chi connectivity index (χ1v) is 17.7. The third-order valence-electron chi connectivity index (χ3n) is 5.48. The summed E-state index contributed by atoms with van der Waals surface area (Å²) in [6.45, 7) is 12.3. The fraction of sp³-hybridized carbons (Fsp3) is 0.214. The van der Waals surface area contributed by atoms with Gasteiger partial charge in [-0.1, -0.05) is 81.6 Å². The van der Waals surface area contributed by atoms with Crippen LogP contribution in [0.1, 0.15) is 13.7 Å². The summed E-state index contributed by atoms with van der Waals surface area (Å²) in [6.07, 6.45) is 0. The van der Waals surface area contributed by atoms with E-state index < -0.39 is 16.1 Å². The molecule has 2 aromatic heterocycles. The van der Waals surface area contributed by atoms with Crippen LogP contribution in [0.15, 0.2) is 84.7 Å². The highest BCUT2D eigenvalue weighted by molar-refractivity contribution is 6.89. The summed E-state index contributed by atoms with van der Waals surface area (Å²) >= 11 is 0. The van der Waals surface area contributed by atoms with Crippen molar-refractivity contribution in [3.63, 3.8) is 0 Å². The van der Waals surface area contributed by atoms with Gasteiger partial charge in [0.05, 0.1) is 40.9 Å². The predicted octanol–water partition coefficient (Wildman–Crippen LogP) is 6.66. The topological polar surface area (TPSA) is 9.86 Å². The number of nitrogens with zero attached hydrogens (tertiary/aromatic N) is 2. The first-order chi connectivity index (χ1) is 19.3. The number of aromatic nitrogens is 2. The molecule has 5 rings (SSSR count). The van der Waals surface area contributed by atoms with E-state index in [4.69, 9.17) is 13.7 Å². The summed E-state index contributed by atoms with van der Waals surface area (Å²) in [6, 6.07) is 4.89. The van der Waals surface area contributed by atoms with E-state index in [-0.39, 0.29) is 82.2 Å². The molecule has 0 fully saturated rings. The molecular formula is C28H32N2Si2. The SMILES string of the molecule is [2H]c1c([2H])c([2H])c2c(c1[2H])c([2H])c([Si](C)(C)C)n2-c1cccc(-n2c([Si](C)(C)C)c([2H])c3c([2H])c([2H])c([2H])c([2H])c32)c1. The molecular weight excluding hydrogens is 420 g/mol. The molecule has 0 saturated heterocycles. The van der Waals surface area contributed by atoms with Gasteiger partial charge < -0.3 is 9.13 Å². The molecule has 0 atom stereocenters. The fourth-order valence-corrected chi connectivity index (χ4v) is 6.86. The Morgan fingerprint density at radius 3 is 1.44 bits per heavy atom. The van der Waals surface area contributed by atoms with Crippen LogP contribution in [0.25, 0.3) is 33.2 Å². The lowest BCUT2D eigenvalue weighted by atomic mass is 10.2. The van der Waals surface area contributed by atoms with Gasteiger partial charge in [0.1, 0.15) is 0 Å². The second-order valence-electron chi connectivity index (χ2n) is 10.1. The van der Waals surface area contributed by atoms with E-state index in [1.807, 2.05) is 18.2 Å². The summed E-state index contributed by atoms with van der Waals surface area (Å²) in [5, 5.41) is 1.63. The zero-order valence-electron chi connectivity index (χ0n) is 29.2. The van der Waals surface area contributed by atoms with Gasteiger partial charge in [-0.2, -0.15) is 0 Å². The van der Waals surface area contributed by atoms with Gasteiger partial charge in [-0.25, -0.2) is 0 Å². The minimum atomic E-state index is -2.32. The molecule has 0 aliphatic carbocycles. The largest absolute Gasteiger partial charge is 0.318 e. The molecule has 32 heavy (non-hydrogen) atoms. The van der Waals surface area contributed by atoms with E-state index >= 15 is 0 Å². The lowest BCUT2D eigenvalue weighted by molar-refractivity contribution is 1.11. The Morgan fingerprint density at radius 1 is 0.625 bits per heavy atom. The highest BCUT2D eigenvalue weighted by Crippen LogP contribution is 2.26. The molecule has 0 N–H and O–H groups in total. The van der Waals surface area contributed by atoms with Gasteiger partial charge in [0.2, 0.25) is 0 Å². The maximum atomic E-state index is 9.07. The van der Waals surface area contributed by atoms with Crippen LogP contribution in [0.4, 0.5) is 0 Å². The lowest BCUT2D eigenvalue weighted by Crippen LogP contribution is -2.42. The van der Waals surface area contributed by atoms with E-state index in [1.54, 1.807) is 15.2 Å². The van der Waals surface area contributed by atoms with Crippen molar-refractivity contribution in [1.82, 2.24) is 9.13 Å². The third-order valence-corrected chi connectivity index (χ3v) is 9.02. The normalized spacial score (nSPS) is 17.1. The molecule has 0 unspecified atom stereocenters. The Kier molecular flexibility index (Phi) is 2.86. The highest BCUT2D eigenvalue weighted by Gasteiger charge is 2.26. The predicted molar refractivity (Wildman–Crippen MR) is 146 cm³/mol. The Bertz CT molecular complexity index is 1830. The molecule has 4 heteroatoms. The van der Waals surface area contributed by atoms with Crippen LogP contribution in [-0.2, 0) is 0 Å². The highest BCUT2D eigenvalue weighted by atomic mass is 28.3. The molecule has 162 valence electrons. The Morgan fingerprint density at radius 2 is 1.03 bits per heavy atom. The second-order valence-corrected chi connectivity index (χ2v) is 20.0. The molecule has 2 heterocycles. The van der Waals surface area contributed by atoms with Crippen LogP contribution < -0.4 is 10.6 Å². The van der Waals surface area contributed by atoms with Gasteiger partial charge in [-0.3, -0.25) is 0 Å². The number of benzene rings is 3. The Hall–Kier alpha value is -2.83. The summed E-state index contributed by atoms with van der Waals surface area (Å²) < 4.78 is 89.6. The van der Waals surface area contributed by atoms with Crippen molar-refractivity contribution in [2.24, 2.45) is 0 Å². The summed E-state index contributed by atoms with van der Waals surface area (Å²) in [5.74, 6) is 0. The van der Waals surface area contributed by atoms with Crippen LogP contribution in [0, 0.1) is 0 Å². The minimum absolute atomic E-state index is 0.0818. The van der Waals surface area contributed by atoms with Crippen molar-refractivity contribution in [1.29, 1.82) is 0 Å². The molecule has 0 saturated carbocycles. The standard InChI is InChI=1S/C28H32N2Si2/c1-31(2,3)27-18-21-12-7-9-16-25(21)29(27)23-14-11-15-24(20-23)30-26-17-10-8-13-22(26)19-28(30)32(4,5)6/h7-20H,1-6H3/i7D,8D,9D,10D,12D,13D,16D,17D,18D,19D. The number of para-hydroxylation sites is 2. The first-order valence-electron chi connectivity index (χ1n) is 15.7. The monoisotopic (exact) mass is 462 g/mol. The van der Waals surface area contributed by atoms with Crippen LogP contribution in [-0.4, -0.2) is 25.3 Å². The van der Waals surface area contributed by atoms with E-state index in [0.29, 0.717) is 22.0 Å². The van der Waals surface area contributed by atoms with Crippen LogP contribution in [0.2, 0.25) is 39.3 Å². The second kappa shape index (κ2) is 7.36. The molecule has 0 bridgehead atoms. The average Bonchev–Trinajstić information content (AvgIpc) is 3.40. The smallest absolute Gasteiger partial charge is 0.0990 e. The zero-order valence-corrected chi connectivity index (χ0v) is 21.2. The number of fused-ring (bicyclic) bond motifs is 2. The van der Waals surface area contributed by atoms with Gasteiger partial charge in [0.15, 0.2) is 0 Å². The summed E-state index contributed by atoms with van der Waals surface area (Å²) in [7, 11) is -4.64. The molecule has 0 aliphatic rings. The fourth-order valence-electron chi connectivity index (χ4n) is 4.03. The number of hydrogen-bond donors (Lipinski definition) is 0. The van der Waals surface area contributed by atoms with Crippen LogP contribution >= 0.6 is 0 Å². The maximum Gasteiger partial charge on any atom is 0.0990 e. The van der Waals surface area contributed by atoms with E-state index in [9.17, 15) is 0 Å². The number of hydrogen-bond acceptors (Lipinski definition) is 0. The quantitative estimate of drug-likeness (QED) is 0.264. The number of rotatable bonds is 4. The van der Waals surface area contributed by atoms with E-state index in [0.717, 1.165) is 0 Å². The Balaban J connectivity index is 1.97. The minimum Gasteiger partial charge on any atom is -0.318 e. The summed E-state index contributed by atoms with van der Waals surface area (Å²) in [5.41, 5.74) is 1.58. The molecule has 0 spiro atoms. The van der Waals surface area contributed by atoms with Crippen molar-refractivity contribution < 1.29 is 13.7 Å². The van der Waals surface area contributed by atoms with Crippen molar-refractivity contribution in [3.05, 3.63) is 84.7 Å². The van der Waals surface area contributed by atoms with Gasteiger partial charge in [-0.15, -0.1) is 0 Å². The van der Waals surface area contributed by atoms with Gasteiger partial charge in [-0.05, 0) is 53.1 Å². The van der Waals surface area contributed by atoms with E-state index in [1.165, 1.54) is 0 Å². The molecule has 5 aromatic rings. The van der Waals surface area contributed by atoms with E-state index in [2.05, 4.69) is 39.3 Å². The molecule has 0 aliphatic heterocycles. The zero-order chi connectivity index (χ0) is 31.4. The molecule has 2 nitrogen and oxygen atoms in total. The summed E-state index contributed by atoms with van der Waals surface area (Å²) in [4.78, 5) is 0. The molecule has 0 radical (unpaired) electrons. The van der Waals surface area contributed by atoms with Gasteiger partial charge in [0, 0.05) is 22.0 Å². The van der Waals surface area contributed by atoms with Crippen LogP contribution in [0.5, 0.6) is 0 Å². The average molecular weight is 463 g/mol. The third kappa shape index (κ3) is 3.48. The van der Waals surface area contributed by atoms with Crippen molar-refractivity contribution in [2.75, 3.05) is 0 Å². The van der Waals surface area contributed by atoms with Crippen molar-refractivity contribution in [2.45, 2.75) is 39.3 Å². The molecule has 0 amide bonds. The first kappa shape index (κ1) is 12.4. The molecule has 3 aromatic carbocycles. The van der Waals surface area contributed by atoms with Gasteiger partial charge in [0.25, 0.3) is 0 Å².